The highest BCUT2D eigenvalue weighted by molar-refractivity contribution is 5.79. The highest BCUT2D eigenvalue weighted by Gasteiger charge is 2.15. The molecule has 2 aromatic carbocycles. The van der Waals surface area contributed by atoms with Crippen LogP contribution >= 0.6 is 0 Å². The summed E-state index contributed by atoms with van der Waals surface area (Å²) >= 11 is 0. The van der Waals surface area contributed by atoms with Crippen LogP contribution in [0.25, 0.3) is 22.3 Å². The van der Waals surface area contributed by atoms with E-state index in [0.717, 1.165) is 0 Å². The van der Waals surface area contributed by atoms with Gasteiger partial charge < -0.3 is 10.1 Å². The fourth-order valence-electron chi connectivity index (χ4n) is 2.05. The molecule has 0 saturated heterocycles. The molecular weight excluding hydrogens is 274 g/mol. The smallest absolute Gasteiger partial charge is 0.310 e. The molecule has 0 aliphatic heterocycles. The number of aromatic hydroxyl groups is 1. The van der Waals surface area contributed by atoms with Gasteiger partial charge in [0.05, 0.1) is 15.8 Å². The van der Waals surface area contributed by atoms with E-state index in [-0.39, 0.29) is 11.4 Å². The van der Waals surface area contributed by atoms with Crippen molar-refractivity contribution in [2.75, 3.05) is 0 Å². The number of phenolic OH excluding ortho intramolecular Hbond substituents is 1. The third-order valence-electron chi connectivity index (χ3n) is 3.06. The average Bonchev–Trinajstić information content (AvgIpc) is 2.46. The number of nitro groups is 1. The van der Waals surface area contributed by atoms with Crippen LogP contribution < -0.4 is 5.56 Å². The number of aromatic nitrogens is 2. The van der Waals surface area contributed by atoms with Gasteiger partial charge in [0.25, 0.3) is 5.56 Å². The summed E-state index contributed by atoms with van der Waals surface area (Å²) in [7, 11) is 0. The SMILES string of the molecule is O=c1[nH]c(-c2ccc([N+](=O)[O-])c(O)c2)nc2ccccc12. The van der Waals surface area contributed by atoms with E-state index in [0.29, 0.717) is 16.5 Å². The van der Waals surface area contributed by atoms with Gasteiger partial charge in [0.1, 0.15) is 5.82 Å². The summed E-state index contributed by atoms with van der Waals surface area (Å²) in [6.07, 6.45) is 0. The number of benzene rings is 2. The summed E-state index contributed by atoms with van der Waals surface area (Å²) in [5, 5.41) is 20.8. The Bertz CT molecular complexity index is 917. The van der Waals surface area contributed by atoms with Gasteiger partial charge in [0, 0.05) is 11.6 Å². The van der Waals surface area contributed by atoms with Crippen LogP contribution in [0.3, 0.4) is 0 Å². The van der Waals surface area contributed by atoms with E-state index in [1.165, 1.54) is 18.2 Å². The fraction of sp³-hybridized carbons (Fsp3) is 0. The molecule has 0 unspecified atom stereocenters. The van der Waals surface area contributed by atoms with Gasteiger partial charge in [-0.1, -0.05) is 12.1 Å². The molecule has 0 saturated carbocycles. The second-order valence-electron chi connectivity index (χ2n) is 4.39. The Labute approximate surface area is 117 Å². The first-order valence-corrected chi connectivity index (χ1v) is 6.03. The highest BCUT2D eigenvalue weighted by atomic mass is 16.6. The van der Waals surface area contributed by atoms with Crippen LogP contribution in [0.1, 0.15) is 0 Å². The summed E-state index contributed by atoms with van der Waals surface area (Å²) in [5.41, 5.74) is 0.186. The van der Waals surface area contributed by atoms with Gasteiger partial charge >= 0.3 is 5.69 Å². The van der Waals surface area contributed by atoms with Crippen molar-refractivity contribution in [2.24, 2.45) is 0 Å². The highest BCUT2D eigenvalue weighted by Crippen LogP contribution is 2.29. The molecule has 0 aliphatic carbocycles. The molecule has 7 nitrogen and oxygen atoms in total. The second kappa shape index (κ2) is 4.71. The van der Waals surface area contributed by atoms with Crippen molar-refractivity contribution >= 4 is 16.6 Å². The van der Waals surface area contributed by atoms with Crippen molar-refractivity contribution in [2.45, 2.75) is 0 Å². The number of hydrogen-bond donors (Lipinski definition) is 2. The summed E-state index contributed by atoms with van der Waals surface area (Å²) in [4.78, 5) is 28.8. The van der Waals surface area contributed by atoms with Gasteiger partial charge in [-0.05, 0) is 24.3 Å². The third-order valence-corrected chi connectivity index (χ3v) is 3.06. The molecule has 1 heterocycles. The van der Waals surface area contributed by atoms with Gasteiger partial charge in [-0.25, -0.2) is 4.98 Å². The third kappa shape index (κ3) is 2.20. The zero-order valence-corrected chi connectivity index (χ0v) is 10.6. The number of nitrogens with zero attached hydrogens (tertiary/aromatic N) is 2. The molecule has 3 rings (SSSR count). The van der Waals surface area contributed by atoms with Gasteiger partial charge in [0.2, 0.25) is 0 Å². The van der Waals surface area contributed by atoms with Crippen LogP contribution in [0.4, 0.5) is 5.69 Å². The molecule has 104 valence electrons. The lowest BCUT2D eigenvalue weighted by Crippen LogP contribution is -2.09. The van der Waals surface area contributed by atoms with E-state index in [1.807, 2.05) is 0 Å². The number of phenols is 1. The van der Waals surface area contributed by atoms with Gasteiger partial charge in [-0.15, -0.1) is 0 Å². The first-order chi connectivity index (χ1) is 10.1. The predicted molar refractivity (Wildman–Crippen MR) is 76.1 cm³/mol. The topological polar surface area (TPSA) is 109 Å². The molecular formula is C14H9N3O4. The van der Waals surface area contributed by atoms with E-state index in [2.05, 4.69) is 9.97 Å². The molecule has 7 heteroatoms. The molecule has 0 atom stereocenters. The minimum Gasteiger partial charge on any atom is -0.502 e. The predicted octanol–water partition coefficient (Wildman–Crippen LogP) is 2.20. The van der Waals surface area contributed by atoms with Gasteiger partial charge in [-0.3, -0.25) is 14.9 Å². The molecule has 3 aromatic rings. The summed E-state index contributed by atoms with van der Waals surface area (Å²) in [6.45, 7) is 0. The molecule has 2 N–H and O–H groups in total. The minimum absolute atomic E-state index is 0.240. The first-order valence-electron chi connectivity index (χ1n) is 6.03. The number of rotatable bonds is 2. The Morgan fingerprint density at radius 3 is 2.67 bits per heavy atom. The lowest BCUT2D eigenvalue weighted by Gasteiger charge is -2.04. The number of H-pyrrole nitrogens is 1. The van der Waals surface area contributed by atoms with Crippen molar-refractivity contribution in [1.29, 1.82) is 0 Å². The van der Waals surface area contributed by atoms with Crippen LogP contribution in [0.5, 0.6) is 5.75 Å². The Morgan fingerprint density at radius 2 is 1.95 bits per heavy atom. The molecule has 0 radical (unpaired) electrons. The van der Waals surface area contributed by atoms with E-state index in [4.69, 9.17) is 0 Å². The number of para-hydroxylation sites is 1. The van der Waals surface area contributed by atoms with Crippen LogP contribution in [0.2, 0.25) is 0 Å². The zero-order valence-electron chi connectivity index (χ0n) is 10.6. The van der Waals surface area contributed by atoms with Crippen LogP contribution in [-0.4, -0.2) is 20.0 Å². The minimum atomic E-state index is -0.685. The van der Waals surface area contributed by atoms with Crippen LogP contribution in [0.15, 0.2) is 47.3 Å². The quantitative estimate of drug-likeness (QED) is 0.553. The van der Waals surface area contributed by atoms with Crippen molar-refractivity contribution in [1.82, 2.24) is 9.97 Å². The molecule has 0 bridgehead atoms. The Balaban J connectivity index is 2.19. The maximum atomic E-state index is 12.0. The maximum Gasteiger partial charge on any atom is 0.310 e. The van der Waals surface area contributed by atoms with Crippen LogP contribution in [-0.2, 0) is 0 Å². The van der Waals surface area contributed by atoms with Crippen molar-refractivity contribution < 1.29 is 10.0 Å². The van der Waals surface area contributed by atoms with E-state index < -0.39 is 16.4 Å². The monoisotopic (exact) mass is 283 g/mol. The molecule has 0 spiro atoms. The standard InChI is InChI=1S/C14H9N3O4/c18-12-7-8(5-6-11(12)17(20)21)13-15-10-4-2-1-3-9(10)14(19)16-13/h1-7,18H,(H,15,16,19). The van der Waals surface area contributed by atoms with Crippen molar-refractivity contribution in [3.05, 3.63) is 62.9 Å². The molecule has 0 aliphatic rings. The number of nitrogens with one attached hydrogen (secondary N) is 1. The molecule has 0 amide bonds. The zero-order chi connectivity index (χ0) is 15.0. The summed E-state index contributed by atoms with van der Waals surface area (Å²) in [6, 6.07) is 10.6. The lowest BCUT2D eigenvalue weighted by atomic mass is 10.1. The summed E-state index contributed by atoms with van der Waals surface area (Å²) in [5.74, 6) is -0.239. The number of hydrogen-bond acceptors (Lipinski definition) is 5. The molecule has 1 aromatic heterocycles. The van der Waals surface area contributed by atoms with E-state index in [9.17, 15) is 20.0 Å². The Hall–Kier alpha value is -3.22. The van der Waals surface area contributed by atoms with Gasteiger partial charge in [-0.2, -0.15) is 0 Å². The Morgan fingerprint density at radius 1 is 1.19 bits per heavy atom. The molecule has 21 heavy (non-hydrogen) atoms. The largest absolute Gasteiger partial charge is 0.502 e. The van der Waals surface area contributed by atoms with Gasteiger partial charge in [0.15, 0.2) is 5.75 Å². The first kappa shape index (κ1) is 12.8. The van der Waals surface area contributed by atoms with E-state index >= 15 is 0 Å². The van der Waals surface area contributed by atoms with E-state index in [1.54, 1.807) is 24.3 Å². The number of fused-ring (bicyclic) bond motifs is 1. The van der Waals surface area contributed by atoms with Crippen molar-refractivity contribution in [3.8, 4) is 17.1 Å². The maximum absolute atomic E-state index is 12.0. The van der Waals surface area contributed by atoms with Crippen LogP contribution in [0, 0.1) is 10.1 Å². The fourth-order valence-corrected chi connectivity index (χ4v) is 2.05. The summed E-state index contributed by atoms with van der Waals surface area (Å²) < 4.78 is 0. The average molecular weight is 283 g/mol. The van der Waals surface area contributed by atoms with Crippen molar-refractivity contribution in [3.63, 3.8) is 0 Å². The molecule has 0 fully saturated rings. The normalized spacial score (nSPS) is 10.7. The number of nitro benzene ring substituents is 1. The Kier molecular flexibility index (Phi) is 2.87. The number of aromatic amines is 1. The second-order valence-corrected chi connectivity index (χ2v) is 4.39. The lowest BCUT2D eigenvalue weighted by molar-refractivity contribution is -0.385.